The molecule has 1 N–H and O–H groups in total. The van der Waals surface area contributed by atoms with Gasteiger partial charge in [0.2, 0.25) is 5.78 Å². The number of hydrogen-bond donors (Lipinski definition) is 1. The third-order valence-electron chi connectivity index (χ3n) is 4.58. The lowest BCUT2D eigenvalue weighted by molar-refractivity contribution is 0.103. The molecule has 0 aliphatic heterocycles. The average Bonchev–Trinajstić information content (AvgIpc) is 3.01. The Kier molecular flexibility index (Phi) is 4.96. The number of benzene rings is 3. The van der Waals surface area contributed by atoms with Crippen molar-refractivity contribution in [3.05, 3.63) is 86.7 Å². The largest absolute Gasteiger partial charge is 0.508 e. The van der Waals surface area contributed by atoms with Gasteiger partial charge < -0.3 is 9.84 Å². The Morgan fingerprint density at radius 2 is 1.68 bits per heavy atom. The second kappa shape index (κ2) is 7.41. The third-order valence-corrected chi connectivity index (χ3v) is 6.24. The van der Waals surface area contributed by atoms with Crippen LogP contribution in [-0.4, -0.2) is 10.9 Å². The van der Waals surface area contributed by atoms with Crippen molar-refractivity contribution < 1.29 is 14.6 Å². The van der Waals surface area contributed by atoms with Crippen molar-refractivity contribution in [2.24, 2.45) is 0 Å². The SMILES string of the molecule is Cc1cccc(C)c1C(=O)c1sc2cc(O)ccc2c1Oc1ccc(Br)cc1. The number of phenolic OH excluding ortho intramolecular Hbond substituents is 1. The smallest absolute Gasteiger partial charge is 0.207 e. The summed E-state index contributed by atoms with van der Waals surface area (Å²) in [5, 5.41) is 10.7. The van der Waals surface area contributed by atoms with Crippen LogP contribution in [0.2, 0.25) is 0 Å². The first-order valence-corrected chi connectivity index (χ1v) is 10.3. The highest BCUT2D eigenvalue weighted by molar-refractivity contribution is 9.10. The Bertz CT molecular complexity index is 1170. The number of rotatable bonds is 4. The molecular weight excluding hydrogens is 436 g/mol. The second-order valence-electron chi connectivity index (χ2n) is 6.59. The van der Waals surface area contributed by atoms with Crippen LogP contribution in [0.15, 0.2) is 65.1 Å². The van der Waals surface area contributed by atoms with Crippen molar-refractivity contribution in [3.63, 3.8) is 0 Å². The number of fused-ring (bicyclic) bond motifs is 1. The molecular formula is C23H17BrO3S. The molecule has 5 heteroatoms. The number of carbonyl (C=O) groups is 1. The molecule has 140 valence electrons. The number of carbonyl (C=O) groups excluding carboxylic acids is 1. The van der Waals surface area contributed by atoms with Crippen molar-refractivity contribution in [3.8, 4) is 17.2 Å². The first kappa shape index (κ1) is 18.7. The lowest BCUT2D eigenvalue weighted by atomic mass is 9.98. The molecule has 0 fully saturated rings. The number of halogens is 1. The molecule has 0 unspecified atom stereocenters. The summed E-state index contributed by atoms with van der Waals surface area (Å²) >= 11 is 4.76. The first-order chi connectivity index (χ1) is 13.4. The molecule has 0 atom stereocenters. The van der Waals surface area contributed by atoms with E-state index in [4.69, 9.17) is 4.74 Å². The summed E-state index contributed by atoms with van der Waals surface area (Å²) in [6.07, 6.45) is 0. The number of aryl methyl sites for hydroxylation is 2. The van der Waals surface area contributed by atoms with Crippen LogP contribution >= 0.6 is 27.3 Å². The van der Waals surface area contributed by atoms with E-state index in [0.29, 0.717) is 21.9 Å². The van der Waals surface area contributed by atoms with Gasteiger partial charge in [-0.2, -0.15) is 0 Å². The van der Waals surface area contributed by atoms with E-state index in [1.807, 2.05) is 56.3 Å². The van der Waals surface area contributed by atoms with Gasteiger partial charge in [-0.15, -0.1) is 11.3 Å². The van der Waals surface area contributed by atoms with E-state index in [1.54, 1.807) is 18.2 Å². The molecule has 0 spiro atoms. The molecule has 0 amide bonds. The van der Waals surface area contributed by atoms with Gasteiger partial charge in [0.05, 0.1) is 0 Å². The zero-order valence-corrected chi connectivity index (χ0v) is 17.7. The molecule has 0 aliphatic rings. The predicted molar refractivity (Wildman–Crippen MR) is 117 cm³/mol. The molecule has 1 aromatic heterocycles. The zero-order valence-electron chi connectivity index (χ0n) is 15.3. The maximum absolute atomic E-state index is 13.5. The summed E-state index contributed by atoms with van der Waals surface area (Å²) in [5.41, 5.74) is 2.55. The maximum Gasteiger partial charge on any atom is 0.207 e. The van der Waals surface area contributed by atoms with E-state index in [1.165, 1.54) is 11.3 Å². The van der Waals surface area contributed by atoms with Crippen LogP contribution in [0.5, 0.6) is 17.2 Å². The number of ketones is 1. The van der Waals surface area contributed by atoms with E-state index in [9.17, 15) is 9.90 Å². The maximum atomic E-state index is 13.5. The lowest BCUT2D eigenvalue weighted by Crippen LogP contribution is -2.05. The van der Waals surface area contributed by atoms with Crippen molar-refractivity contribution >= 4 is 43.1 Å². The Labute approximate surface area is 175 Å². The van der Waals surface area contributed by atoms with Crippen LogP contribution in [0.3, 0.4) is 0 Å². The molecule has 0 aliphatic carbocycles. The fourth-order valence-corrected chi connectivity index (χ4v) is 4.59. The molecule has 0 bridgehead atoms. The van der Waals surface area contributed by atoms with Crippen molar-refractivity contribution in [2.75, 3.05) is 0 Å². The standard InChI is InChI=1S/C23H17BrO3S/c1-13-4-3-5-14(2)20(13)21(26)23-22(27-17-9-6-15(24)7-10-17)18-11-8-16(25)12-19(18)28-23/h3-12,25H,1-2H3. The van der Waals surface area contributed by atoms with E-state index in [0.717, 1.165) is 25.7 Å². The fraction of sp³-hybridized carbons (Fsp3) is 0.0870. The van der Waals surface area contributed by atoms with Gasteiger partial charge in [0.15, 0.2) is 5.75 Å². The summed E-state index contributed by atoms with van der Waals surface area (Å²) in [6.45, 7) is 3.88. The van der Waals surface area contributed by atoms with Crippen LogP contribution in [0.1, 0.15) is 26.4 Å². The van der Waals surface area contributed by atoms with E-state index >= 15 is 0 Å². The molecule has 3 nitrogen and oxygen atoms in total. The summed E-state index contributed by atoms with van der Waals surface area (Å²) in [7, 11) is 0. The van der Waals surface area contributed by atoms with E-state index in [-0.39, 0.29) is 11.5 Å². The van der Waals surface area contributed by atoms with Gasteiger partial charge in [0, 0.05) is 20.1 Å². The topological polar surface area (TPSA) is 46.5 Å². The Morgan fingerprint density at radius 1 is 1.00 bits per heavy atom. The summed E-state index contributed by atoms with van der Waals surface area (Å²) in [4.78, 5) is 14.0. The second-order valence-corrected chi connectivity index (χ2v) is 8.56. The first-order valence-electron chi connectivity index (χ1n) is 8.74. The van der Waals surface area contributed by atoms with Gasteiger partial charge in [-0.05, 0) is 67.4 Å². The normalized spacial score (nSPS) is 11.0. The Hall–Kier alpha value is -2.63. The Balaban J connectivity index is 1.89. The molecule has 4 rings (SSSR count). The van der Waals surface area contributed by atoms with Gasteiger partial charge in [-0.3, -0.25) is 4.79 Å². The monoisotopic (exact) mass is 452 g/mol. The summed E-state index contributed by atoms with van der Waals surface area (Å²) < 4.78 is 7.92. The highest BCUT2D eigenvalue weighted by Gasteiger charge is 2.24. The molecule has 0 saturated heterocycles. The van der Waals surface area contributed by atoms with E-state index < -0.39 is 0 Å². The number of hydrogen-bond acceptors (Lipinski definition) is 4. The zero-order chi connectivity index (χ0) is 19.8. The molecule has 0 saturated carbocycles. The fourth-order valence-electron chi connectivity index (χ4n) is 3.22. The minimum atomic E-state index is -0.0663. The number of ether oxygens (including phenoxy) is 1. The van der Waals surface area contributed by atoms with Gasteiger partial charge in [-0.25, -0.2) is 0 Å². The van der Waals surface area contributed by atoms with Crippen LogP contribution in [0.25, 0.3) is 10.1 Å². The molecule has 4 aromatic rings. The van der Waals surface area contributed by atoms with Gasteiger partial charge in [0.25, 0.3) is 0 Å². The summed E-state index contributed by atoms with van der Waals surface area (Å²) in [6, 6.07) is 18.4. The third kappa shape index (κ3) is 3.43. The Morgan fingerprint density at radius 3 is 2.36 bits per heavy atom. The average molecular weight is 453 g/mol. The van der Waals surface area contributed by atoms with Crippen LogP contribution in [0.4, 0.5) is 0 Å². The van der Waals surface area contributed by atoms with Crippen LogP contribution in [-0.2, 0) is 0 Å². The molecule has 28 heavy (non-hydrogen) atoms. The van der Waals surface area contributed by atoms with Crippen molar-refractivity contribution in [1.82, 2.24) is 0 Å². The van der Waals surface area contributed by atoms with Gasteiger partial charge in [0.1, 0.15) is 16.4 Å². The van der Waals surface area contributed by atoms with E-state index in [2.05, 4.69) is 15.9 Å². The van der Waals surface area contributed by atoms with Crippen LogP contribution < -0.4 is 4.74 Å². The van der Waals surface area contributed by atoms with Gasteiger partial charge in [-0.1, -0.05) is 34.1 Å². The quantitative estimate of drug-likeness (QED) is 0.338. The van der Waals surface area contributed by atoms with Crippen molar-refractivity contribution in [1.29, 1.82) is 0 Å². The number of thiophene rings is 1. The van der Waals surface area contributed by atoms with Gasteiger partial charge >= 0.3 is 0 Å². The minimum absolute atomic E-state index is 0.0663. The summed E-state index contributed by atoms with van der Waals surface area (Å²) in [5.74, 6) is 1.26. The molecule has 0 radical (unpaired) electrons. The molecule has 1 heterocycles. The highest BCUT2D eigenvalue weighted by atomic mass is 79.9. The lowest BCUT2D eigenvalue weighted by Gasteiger charge is -2.10. The van der Waals surface area contributed by atoms with Crippen LogP contribution in [0, 0.1) is 13.8 Å². The molecule has 3 aromatic carbocycles. The predicted octanol–water partition coefficient (Wildman–Crippen LogP) is 7.01. The highest BCUT2D eigenvalue weighted by Crippen LogP contribution is 2.43. The number of phenols is 1. The number of aromatic hydroxyl groups is 1. The van der Waals surface area contributed by atoms with Crippen molar-refractivity contribution in [2.45, 2.75) is 13.8 Å². The minimum Gasteiger partial charge on any atom is -0.508 e.